The molecule has 0 saturated heterocycles. The number of halogens is 1. The fourth-order valence-corrected chi connectivity index (χ4v) is 4.22. The predicted molar refractivity (Wildman–Crippen MR) is 151 cm³/mol. The van der Waals surface area contributed by atoms with Gasteiger partial charge in [0.1, 0.15) is 12.3 Å². The molecule has 0 spiro atoms. The van der Waals surface area contributed by atoms with Gasteiger partial charge in [0.05, 0.1) is 11.1 Å². The molecule has 192 valence electrons. The molecule has 0 saturated carbocycles. The number of pyridine rings is 1. The van der Waals surface area contributed by atoms with Crippen LogP contribution in [0.5, 0.6) is 0 Å². The summed E-state index contributed by atoms with van der Waals surface area (Å²) in [6.45, 7) is 4.87. The first-order valence-corrected chi connectivity index (χ1v) is 12.1. The Hall–Kier alpha value is -4.53. The lowest BCUT2D eigenvalue weighted by Crippen LogP contribution is -2.17. The van der Waals surface area contributed by atoms with Crippen molar-refractivity contribution < 1.29 is 19.1 Å². The Morgan fingerprint density at radius 1 is 1.18 bits per heavy atom. The molecule has 2 aromatic heterocycles. The van der Waals surface area contributed by atoms with E-state index in [1.807, 2.05) is 30.3 Å². The van der Waals surface area contributed by atoms with Crippen LogP contribution in [0.2, 0.25) is 5.02 Å². The Morgan fingerprint density at radius 2 is 1.92 bits per heavy atom. The van der Waals surface area contributed by atoms with E-state index >= 15 is 0 Å². The Labute approximate surface area is 224 Å². The van der Waals surface area contributed by atoms with Crippen LogP contribution in [0.15, 0.2) is 65.7 Å². The third kappa shape index (κ3) is 5.00. The molecule has 0 radical (unpaired) electrons. The SMILES string of the molecule is C=Cc1cc(/C(C=N)=C/N)ccc1-c1nc2oc(C(=O)CC)c(NC(=O)CO)c2cc1-c1ccc(Cl)cc1. The zero-order valence-corrected chi connectivity index (χ0v) is 21.3. The van der Waals surface area contributed by atoms with Crippen LogP contribution in [0.25, 0.3) is 45.1 Å². The highest BCUT2D eigenvalue weighted by atomic mass is 35.5. The van der Waals surface area contributed by atoms with Crippen LogP contribution < -0.4 is 11.1 Å². The Kier molecular flexibility index (Phi) is 7.85. The highest BCUT2D eigenvalue weighted by molar-refractivity contribution is 6.30. The number of hydrogen-bond acceptors (Lipinski definition) is 7. The predicted octanol–water partition coefficient (Wildman–Crippen LogP) is 5.93. The number of aliphatic hydroxyl groups excluding tert-OH is 1. The molecule has 0 aliphatic heterocycles. The van der Waals surface area contributed by atoms with Gasteiger partial charge in [-0.1, -0.05) is 55.4 Å². The largest absolute Gasteiger partial charge is 0.432 e. The molecule has 9 heteroatoms. The quantitative estimate of drug-likeness (QED) is 0.157. The Morgan fingerprint density at radius 3 is 2.53 bits per heavy atom. The van der Waals surface area contributed by atoms with Crippen molar-refractivity contribution in [1.82, 2.24) is 4.98 Å². The maximum absolute atomic E-state index is 12.7. The number of rotatable bonds is 9. The second-order valence-electron chi connectivity index (χ2n) is 8.31. The van der Waals surface area contributed by atoms with E-state index in [0.717, 1.165) is 22.3 Å². The lowest BCUT2D eigenvalue weighted by Gasteiger charge is -2.14. The number of carbonyl (C=O) groups is 2. The number of nitrogens with two attached hydrogens (primary N) is 1. The fourth-order valence-electron chi connectivity index (χ4n) is 4.09. The first-order valence-electron chi connectivity index (χ1n) is 11.7. The van der Waals surface area contributed by atoms with Gasteiger partial charge in [0, 0.05) is 40.6 Å². The lowest BCUT2D eigenvalue weighted by molar-refractivity contribution is -0.118. The minimum atomic E-state index is -0.758. The molecule has 0 aliphatic rings. The van der Waals surface area contributed by atoms with Gasteiger partial charge in [-0.2, -0.15) is 0 Å². The van der Waals surface area contributed by atoms with Crippen LogP contribution in [0, 0.1) is 5.41 Å². The van der Waals surface area contributed by atoms with Crippen molar-refractivity contribution in [2.45, 2.75) is 13.3 Å². The van der Waals surface area contributed by atoms with Gasteiger partial charge in [0.25, 0.3) is 0 Å². The van der Waals surface area contributed by atoms with E-state index in [-0.39, 0.29) is 29.4 Å². The highest BCUT2D eigenvalue weighted by Crippen LogP contribution is 2.40. The van der Waals surface area contributed by atoms with Crippen molar-refractivity contribution in [2.24, 2.45) is 5.73 Å². The van der Waals surface area contributed by atoms with E-state index in [0.29, 0.717) is 27.2 Å². The van der Waals surface area contributed by atoms with Crippen LogP contribution in [0.1, 0.15) is 35.0 Å². The van der Waals surface area contributed by atoms with Crippen LogP contribution >= 0.6 is 11.6 Å². The van der Waals surface area contributed by atoms with Gasteiger partial charge < -0.3 is 26.0 Å². The Bertz CT molecular complexity index is 1600. The van der Waals surface area contributed by atoms with Crippen LogP contribution in [-0.2, 0) is 4.79 Å². The smallest absolute Gasteiger partial charge is 0.250 e. The fraction of sp³-hybridized carbons (Fsp3) is 0.103. The number of amides is 1. The molecule has 4 aromatic rings. The summed E-state index contributed by atoms with van der Waals surface area (Å²) >= 11 is 6.14. The van der Waals surface area contributed by atoms with E-state index < -0.39 is 12.5 Å². The first-order chi connectivity index (χ1) is 18.3. The summed E-state index contributed by atoms with van der Waals surface area (Å²) in [7, 11) is 0. The monoisotopic (exact) mass is 528 g/mol. The van der Waals surface area contributed by atoms with E-state index in [9.17, 15) is 14.7 Å². The number of anilines is 1. The van der Waals surface area contributed by atoms with Crippen LogP contribution in [0.4, 0.5) is 5.69 Å². The molecule has 38 heavy (non-hydrogen) atoms. The summed E-state index contributed by atoms with van der Waals surface area (Å²) < 4.78 is 5.88. The van der Waals surface area contributed by atoms with Crippen molar-refractivity contribution in [3.8, 4) is 22.4 Å². The number of aromatic nitrogens is 1. The number of Topliss-reactive ketones (excluding diaryl/α,β-unsaturated/α-hetero) is 1. The van der Waals surface area contributed by atoms with Gasteiger partial charge in [-0.3, -0.25) is 9.59 Å². The number of aliphatic hydroxyl groups is 1. The molecule has 8 nitrogen and oxygen atoms in total. The molecule has 0 bridgehead atoms. The normalized spacial score (nSPS) is 11.4. The standard InChI is InChI=1S/C29H25ClN4O4/c1-3-16-11-18(19(13-31)14-32)7-10-21(16)26-22(17-5-8-20(30)9-6-17)12-23-27(33-25(37)15-35)28(24(36)4-2)38-29(23)34-26/h3,5-14,31,35H,1,4,15,32H2,2H3,(H,33,37)/b19-14+,31-13?. The number of allylic oxidation sites excluding steroid dienone is 1. The van der Waals surface area contributed by atoms with Crippen molar-refractivity contribution in [3.05, 3.63) is 83.2 Å². The second-order valence-corrected chi connectivity index (χ2v) is 8.74. The molecule has 5 N–H and O–H groups in total. The zero-order valence-electron chi connectivity index (χ0n) is 20.5. The summed E-state index contributed by atoms with van der Waals surface area (Å²) in [6, 6.07) is 14.5. The number of nitrogens with zero attached hydrogens (tertiary/aromatic N) is 1. The van der Waals surface area contributed by atoms with Gasteiger partial charge in [0.2, 0.25) is 11.6 Å². The third-order valence-corrected chi connectivity index (χ3v) is 6.27. The molecule has 0 fully saturated rings. The van der Waals surface area contributed by atoms with Crippen LogP contribution in [0.3, 0.4) is 0 Å². The third-order valence-electron chi connectivity index (χ3n) is 6.02. The number of benzene rings is 2. The summed E-state index contributed by atoms with van der Waals surface area (Å²) in [4.78, 5) is 29.6. The van der Waals surface area contributed by atoms with E-state index in [1.54, 1.807) is 31.2 Å². The molecular formula is C29H25ClN4O4. The number of ketones is 1. The van der Waals surface area contributed by atoms with Gasteiger partial charge in [-0.15, -0.1) is 0 Å². The summed E-state index contributed by atoms with van der Waals surface area (Å²) in [5.41, 5.74) is 10.7. The first kappa shape index (κ1) is 26.5. The summed E-state index contributed by atoms with van der Waals surface area (Å²) in [5, 5.41) is 20.5. The molecule has 0 aliphatic carbocycles. The number of furan rings is 1. The van der Waals surface area contributed by atoms with Gasteiger partial charge in [0.15, 0.2) is 11.5 Å². The maximum Gasteiger partial charge on any atom is 0.250 e. The second kappa shape index (κ2) is 11.2. The van der Waals surface area contributed by atoms with E-state index in [2.05, 4.69) is 11.9 Å². The minimum absolute atomic E-state index is 0.0426. The average molecular weight is 529 g/mol. The summed E-state index contributed by atoms with van der Waals surface area (Å²) in [5.74, 6) is -1.05. The molecule has 0 atom stereocenters. The maximum atomic E-state index is 12.7. The van der Waals surface area contributed by atoms with E-state index in [4.69, 9.17) is 32.1 Å². The number of fused-ring (bicyclic) bond motifs is 1. The van der Waals surface area contributed by atoms with Crippen molar-refractivity contribution in [2.75, 3.05) is 11.9 Å². The number of hydrogen-bond donors (Lipinski definition) is 4. The molecule has 2 heterocycles. The minimum Gasteiger partial charge on any atom is -0.432 e. The van der Waals surface area contributed by atoms with Gasteiger partial charge >= 0.3 is 0 Å². The molecule has 1 amide bonds. The number of carbonyl (C=O) groups excluding carboxylic acids is 2. The molecule has 2 aromatic carbocycles. The molecule has 0 unspecified atom stereocenters. The van der Waals surface area contributed by atoms with Crippen molar-refractivity contribution in [1.29, 1.82) is 5.41 Å². The van der Waals surface area contributed by atoms with Crippen LogP contribution in [-0.4, -0.2) is 34.6 Å². The lowest BCUT2D eigenvalue weighted by atomic mass is 9.93. The average Bonchev–Trinajstić information content (AvgIpc) is 3.29. The van der Waals surface area contributed by atoms with E-state index in [1.165, 1.54) is 12.4 Å². The van der Waals surface area contributed by atoms with Crippen molar-refractivity contribution in [3.63, 3.8) is 0 Å². The molecule has 4 rings (SSSR count). The number of nitrogens with one attached hydrogen (secondary N) is 2. The van der Waals surface area contributed by atoms with Crippen molar-refractivity contribution >= 4 is 57.9 Å². The molecular weight excluding hydrogens is 504 g/mol. The Balaban J connectivity index is 2.06. The van der Waals surface area contributed by atoms with Gasteiger partial charge in [-0.05, 0) is 41.0 Å². The topological polar surface area (TPSA) is 142 Å². The van der Waals surface area contributed by atoms with Gasteiger partial charge in [-0.25, -0.2) is 4.98 Å². The highest BCUT2D eigenvalue weighted by Gasteiger charge is 2.25. The summed E-state index contributed by atoms with van der Waals surface area (Å²) in [6.07, 6.45) is 4.35. The zero-order chi connectivity index (χ0) is 27.4.